The first-order valence-electron chi connectivity index (χ1n) is 3.04. The number of aromatic nitrogens is 1. The molecule has 0 unspecified atom stereocenters. The third-order valence-electron chi connectivity index (χ3n) is 1.15. The van der Waals surface area contributed by atoms with Crippen LogP contribution in [0, 0.1) is 0 Å². The molecule has 56 valence electrons. The minimum absolute atomic E-state index is 0.770. The van der Waals surface area contributed by atoms with Gasteiger partial charge in [-0.05, 0) is 12.1 Å². The summed E-state index contributed by atoms with van der Waals surface area (Å²) in [5, 5.41) is 3.89. The molecule has 0 bridgehead atoms. The molecule has 0 fully saturated rings. The van der Waals surface area contributed by atoms with Gasteiger partial charge in [0.05, 0.1) is 0 Å². The second kappa shape index (κ2) is 2.79. The Morgan fingerprint density at radius 2 is 2.45 bits per heavy atom. The lowest BCUT2D eigenvalue weighted by Crippen LogP contribution is -2.01. The van der Waals surface area contributed by atoms with Crippen LogP contribution in [0.25, 0.3) is 0 Å². The summed E-state index contributed by atoms with van der Waals surface area (Å²) in [4.78, 5) is 4.07. The molecule has 0 amide bonds. The average molecular weight is 167 g/mol. The van der Waals surface area contributed by atoms with Gasteiger partial charge in [0.15, 0.2) is 5.82 Å². The van der Waals surface area contributed by atoms with Crippen LogP contribution in [0.4, 0.5) is 5.82 Å². The number of rotatable bonds is 1. The normalized spacial score (nSPS) is 15.1. The standard InChI is InChI=1S/C6H5N3OS/c1-2-4-7-6(3-1)9-8-5-10-11-9/h1-5H. The van der Waals surface area contributed by atoms with Crippen molar-refractivity contribution in [2.45, 2.75) is 0 Å². The molecule has 5 heteroatoms. The number of hydrogen-bond donors (Lipinski definition) is 0. The van der Waals surface area contributed by atoms with Gasteiger partial charge in [0, 0.05) is 6.20 Å². The highest BCUT2D eigenvalue weighted by Gasteiger charge is 2.11. The second-order valence-electron chi connectivity index (χ2n) is 1.85. The van der Waals surface area contributed by atoms with Crippen LogP contribution in [0.3, 0.4) is 0 Å². The summed E-state index contributed by atoms with van der Waals surface area (Å²) in [6.45, 7) is 0. The van der Waals surface area contributed by atoms with Crippen LogP contribution in [0.1, 0.15) is 0 Å². The minimum Gasteiger partial charge on any atom is -0.390 e. The van der Waals surface area contributed by atoms with Crippen molar-refractivity contribution in [2.75, 3.05) is 4.41 Å². The topological polar surface area (TPSA) is 37.7 Å². The van der Waals surface area contributed by atoms with Gasteiger partial charge in [0.25, 0.3) is 0 Å². The Hall–Kier alpha value is -1.23. The summed E-state index contributed by atoms with van der Waals surface area (Å²) >= 11 is 1.14. The van der Waals surface area contributed by atoms with Gasteiger partial charge in [-0.1, -0.05) is 6.07 Å². The van der Waals surface area contributed by atoms with E-state index in [1.54, 1.807) is 10.6 Å². The number of nitrogens with zero attached hydrogens (tertiary/aromatic N) is 3. The Morgan fingerprint density at radius 3 is 3.09 bits per heavy atom. The van der Waals surface area contributed by atoms with Crippen LogP contribution in [0.15, 0.2) is 29.5 Å². The summed E-state index contributed by atoms with van der Waals surface area (Å²) in [6.07, 6.45) is 3.09. The molecule has 0 aliphatic carbocycles. The van der Waals surface area contributed by atoms with E-state index in [-0.39, 0.29) is 0 Å². The highest BCUT2D eigenvalue weighted by atomic mass is 32.2. The Morgan fingerprint density at radius 1 is 1.45 bits per heavy atom. The average Bonchev–Trinajstić information content (AvgIpc) is 2.58. The fraction of sp³-hybridized carbons (Fsp3) is 0. The Balaban J connectivity index is 2.23. The molecular formula is C6H5N3OS. The molecule has 11 heavy (non-hydrogen) atoms. The number of hydrazone groups is 1. The van der Waals surface area contributed by atoms with Crippen molar-refractivity contribution in [2.24, 2.45) is 5.10 Å². The summed E-state index contributed by atoms with van der Waals surface area (Å²) in [5.41, 5.74) is 0. The summed E-state index contributed by atoms with van der Waals surface area (Å²) < 4.78 is 6.42. The molecule has 1 aliphatic rings. The van der Waals surface area contributed by atoms with E-state index in [0.29, 0.717) is 0 Å². The predicted molar refractivity (Wildman–Crippen MR) is 43.9 cm³/mol. The molecule has 0 saturated heterocycles. The Kier molecular flexibility index (Phi) is 1.64. The van der Waals surface area contributed by atoms with Crippen molar-refractivity contribution in [3.8, 4) is 0 Å². The Bertz CT molecular complexity index is 264. The molecule has 0 aromatic carbocycles. The SMILES string of the molecule is C1=NN(c2ccccn2)SO1. The lowest BCUT2D eigenvalue weighted by Gasteiger charge is -2.05. The first-order chi connectivity index (χ1) is 5.47. The molecule has 4 nitrogen and oxygen atoms in total. The molecule has 0 saturated carbocycles. The van der Waals surface area contributed by atoms with E-state index in [2.05, 4.69) is 10.1 Å². The molecule has 1 aliphatic heterocycles. The molecular weight excluding hydrogens is 162 g/mol. The van der Waals surface area contributed by atoms with Crippen molar-refractivity contribution in [1.29, 1.82) is 0 Å². The van der Waals surface area contributed by atoms with Gasteiger partial charge in [0.2, 0.25) is 18.6 Å². The number of pyridine rings is 1. The number of hydrogen-bond acceptors (Lipinski definition) is 5. The van der Waals surface area contributed by atoms with E-state index in [1.807, 2.05) is 18.2 Å². The fourth-order valence-corrected chi connectivity index (χ4v) is 1.13. The summed E-state index contributed by atoms with van der Waals surface area (Å²) in [5.74, 6) is 0.770. The smallest absolute Gasteiger partial charge is 0.212 e. The molecule has 1 aromatic heterocycles. The molecule has 0 N–H and O–H groups in total. The van der Waals surface area contributed by atoms with Crippen molar-refractivity contribution in [1.82, 2.24) is 4.98 Å². The molecule has 0 radical (unpaired) electrons. The highest BCUT2D eigenvalue weighted by Crippen LogP contribution is 2.23. The van der Waals surface area contributed by atoms with Crippen LogP contribution < -0.4 is 4.41 Å². The van der Waals surface area contributed by atoms with Gasteiger partial charge >= 0.3 is 0 Å². The zero-order chi connectivity index (χ0) is 7.52. The zero-order valence-corrected chi connectivity index (χ0v) is 6.36. The van der Waals surface area contributed by atoms with Gasteiger partial charge in [-0.15, -0.1) is 9.52 Å². The van der Waals surface area contributed by atoms with Crippen LogP contribution >= 0.6 is 12.2 Å². The molecule has 2 heterocycles. The maximum atomic E-state index is 4.82. The van der Waals surface area contributed by atoms with Crippen LogP contribution in [0.5, 0.6) is 0 Å². The third-order valence-corrected chi connectivity index (χ3v) is 1.75. The van der Waals surface area contributed by atoms with Gasteiger partial charge in [0.1, 0.15) is 0 Å². The van der Waals surface area contributed by atoms with E-state index in [1.165, 1.54) is 6.40 Å². The number of anilines is 1. The van der Waals surface area contributed by atoms with E-state index in [4.69, 9.17) is 4.18 Å². The van der Waals surface area contributed by atoms with Crippen molar-refractivity contribution >= 4 is 24.4 Å². The molecule has 1 aromatic rings. The first-order valence-corrected chi connectivity index (χ1v) is 3.74. The fourth-order valence-electron chi connectivity index (χ4n) is 0.706. The third kappa shape index (κ3) is 1.27. The van der Waals surface area contributed by atoms with Crippen LogP contribution in [-0.4, -0.2) is 11.4 Å². The lowest BCUT2D eigenvalue weighted by atomic mass is 10.5. The van der Waals surface area contributed by atoms with E-state index in [0.717, 1.165) is 18.0 Å². The van der Waals surface area contributed by atoms with E-state index >= 15 is 0 Å². The molecule has 0 atom stereocenters. The zero-order valence-electron chi connectivity index (χ0n) is 5.54. The van der Waals surface area contributed by atoms with E-state index < -0.39 is 0 Å². The Labute approximate surface area is 68.2 Å². The second-order valence-corrected chi connectivity index (χ2v) is 2.54. The predicted octanol–water partition coefficient (Wildman–Crippen LogP) is 1.42. The van der Waals surface area contributed by atoms with Gasteiger partial charge in [-0.25, -0.2) is 4.98 Å². The maximum Gasteiger partial charge on any atom is 0.212 e. The monoisotopic (exact) mass is 167 g/mol. The lowest BCUT2D eigenvalue weighted by molar-refractivity contribution is 0.690. The van der Waals surface area contributed by atoms with Crippen molar-refractivity contribution < 1.29 is 4.18 Å². The molecule has 0 spiro atoms. The van der Waals surface area contributed by atoms with Crippen LogP contribution in [-0.2, 0) is 4.18 Å². The van der Waals surface area contributed by atoms with Gasteiger partial charge in [-0.2, -0.15) is 0 Å². The van der Waals surface area contributed by atoms with Crippen LogP contribution in [0.2, 0.25) is 0 Å². The summed E-state index contributed by atoms with van der Waals surface area (Å²) in [7, 11) is 0. The van der Waals surface area contributed by atoms with E-state index in [9.17, 15) is 0 Å². The maximum absolute atomic E-state index is 4.82. The quantitative estimate of drug-likeness (QED) is 0.468. The summed E-state index contributed by atoms with van der Waals surface area (Å²) in [6, 6.07) is 5.62. The molecule has 2 rings (SSSR count). The first kappa shape index (κ1) is 6.48. The largest absolute Gasteiger partial charge is 0.390 e. The van der Waals surface area contributed by atoms with Crippen molar-refractivity contribution in [3.05, 3.63) is 24.4 Å². The van der Waals surface area contributed by atoms with Gasteiger partial charge in [-0.3, -0.25) is 0 Å². The van der Waals surface area contributed by atoms with Gasteiger partial charge < -0.3 is 4.18 Å². The minimum atomic E-state index is 0.770. The van der Waals surface area contributed by atoms with Crippen molar-refractivity contribution in [3.63, 3.8) is 0 Å². The highest BCUT2D eigenvalue weighted by molar-refractivity contribution is 7.96.